The number of halogens is 1. The molecule has 142 valence electrons. The molecule has 0 bridgehead atoms. The molecule has 0 saturated heterocycles. The van der Waals surface area contributed by atoms with Crippen molar-refractivity contribution in [2.75, 3.05) is 5.32 Å². The highest BCUT2D eigenvalue weighted by molar-refractivity contribution is 6.14. The lowest BCUT2D eigenvalue weighted by Crippen LogP contribution is -2.32. The van der Waals surface area contributed by atoms with Gasteiger partial charge in [-0.05, 0) is 42.8 Å². The average molecular weight is 377 g/mol. The monoisotopic (exact) mass is 377 g/mol. The van der Waals surface area contributed by atoms with Crippen molar-refractivity contribution < 1.29 is 18.7 Å². The normalized spacial score (nSPS) is 11.5. The number of ether oxygens (including phenoxy) is 1. The summed E-state index contributed by atoms with van der Waals surface area (Å²) in [5.74, 6) is -0.528. The largest absolute Gasteiger partial charge is 0.481 e. The van der Waals surface area contributed by atoms with E-state index >= 15 is 0 Å². The molecule has 0 aliphatic carbocycles. The Kier molecular flexibility index (Phi) is 6.17. The average Bonchev–Trinajstić information content (AvgIpc) is 2.73. The molecule has 0 unspecified atom stereocenters. The fourth-order valence-electron chi connectivity index (χ4n) is 2.75. The maximum Gasteiger partial charge on any atom is 0.265 e. The summed E-state index contributed by atoms with van der Waals surface area (Å²) in [6, 6.07) is 21.2. The van der Waals surface area contributed by atoms with E-state index in [4.69, 9.17) is 4.74 Å². The Labute approximate surface area is 163 Å². The van der Waals surface area contributed by atoms with Gasteiger partial charge in [-0.3, -0.25) is 9.59 Å². The smallest absolute Gasteiger partial charge is 0.265 e. The van der Waals surface area contributed by atoms with Gasteiger partial charge in [-0.15, -0.1) is 0 Å². The third-order valence-corrected chi connectivity index (χ3v) is 4.22. The number of hydrogen-bond acceptors (Lipinski definition) is 3. The van der Waals surface area contributed by atoms with Crippen LogP contribution in [0.3, 0.4) is 0 Å². The summed E-state index contributed by atoms with van der Waals surface area (Å²) >= 11 is 0. The van der Waals surface area contributed by atoms with Crippen LogP contribution in [-0.4, -0.2) is 17.8 Å². The molecule has 3 rings (SSSR count). The van der Waals surface area contributed by atoms with Gasteiger partial charge in [-0.25, -0.2) is 4.39 Å². The fraction of sp³-hybridized carbons (Fsp3) is 0.130. The number of hydrogen-bond donors (Lipinski definition) is 1. The molecule has 0 heterocycles. The fourth-order valence-corrected chi connectivity index (χ4v) is 2.75. The molecular weight excluding hydrogens is 357 g/mol. The van der Waals surface area contributed by atoms with E-state index in [-0.39, 0.29) is 17.5 Å². The third kappa shape index (κ3) is 4.62. The number of para-hydroxylation sites is 1. The van der Waals surface area contributed by atoms with E-state index in [0.29, 0.717) is 29.0 Å². The Bertz CT molecular complexity index is 955. The minimum atomic E-state index is -0.773. The summed E-state index contributed by atoms with van der Waals surface area (Å²) in [6.45, 7) is 1.81. The zero-order valence-electron chi connectivity index (χ0n) is 15.4. The van der Waals surface area contributed by atoms with Gasteiger partial charge in [-0.2, -0.15) is 0 Å². The number of nitrogens with one attached hydrogen (secondary N) is 1. The number of carbonyl (C=O) groups is 2. The Balaban J connectivity index is 1.78. The van der Waals surface area contributed by atoms with E-state index in [2.05, 4.69) is 5.32 Å². The van der Waals surface area contributed by atoms with Crippen LogP contribution < -0.4 is 10.1 Å². The van der Waals surface area contributed by atoms with E-state index in [1.54, 1.807) is 48.5 Å². The van der Waals surface area contributed by atoms with Crippen molar-refractivity contribution in [2.45, 2.75) is 19.4 Å². The topological polar surface area (TPSA) is 55.4 Å². The highest BCUT2D eigenvalue weighted by atomic mass is 19.1. The van der Waals surface area contributed by atoms with Crippen LogP contribution in [0.5, 0.6) is 5.75 Å². The molecule has 0 aliphatic heterocycles. The Hall–Kier alpha value is -3.47. The Morgan fingerprint density at radius 1 is 0.929 bits per heavy atom. The van der Waals surface area contributed by atoms with Crippen LogP contribution in [0.25, 0.3) is 0 Å². The molecule has 28 heavy (non-hydrogen) atoms. The number of ketones is 1. The van der Waals surface area contributed by atoms with E-state index in [0.717, 1.165) is 0 Å². The molecule has 3 aromatic carbocycles. The van der Waals surface area contributed by atoms with Crippen LogP contribution >= 0.6 is 0 Å². The summed E-state index contributed by atoms with van der Waals surface area (Å²) in [5.41, 5.74) is 1.36. The second-order valence-electron chi connectivity index (χ2n) is 6.20. The first kappa shape index (κ1) is 19.3. The van der Waals surface area contributed by atoms with Gasteiger partial charge in [0.25, 0.3) is 5.91 Å². The van der Waals surface area contributed by atoms with Crippen molar-refractivity contribution in [1.29, 1.82) is 0 Å². The number of anilines is 1. The number of carbonyl (C=O) groups excluding carboxylic acids is 2. The Morgan fingerprint density at radius 3 is 2.25 bits per heavy atom. The lowest BCUT2D eigenvalue weighted by molar-refractivity contribution is -0.122. The van der Waals surface area contributed by atoms with Crippen molar-refractivity contribution in [2.24, 2.45) is 0 Å². The second-order valence-corrected chi connectivity index (χ2v) is 6.20. The van der Waals surface area contributed by atoms with Crippen molar-refractivity contribution in [3.63, 3.8) is 0 Å². The minimum absolute atomic E-state index is 0.177. The molecule has 0 aromatic heterocycles. The maximum absolute atomic E-state index is 13.0. The molecule has 0 fully saturated rings. The van der Waals surface area contributed by atoms with Gasteiger partial charge in [0.15, 0.2) is 11.9 Å². The van der Waals surface area contributed by atoms with Gasteiger partial charge in [0, 0.05) is 11.1 Å². The molecular formula is C23H20FNO3. The third-order valence-electron chi connectivity index (χ3n) is 4.22. The van der Waals surface area contributed by atoms with Gasteiger partial charge < -0.3 is 10.1 Å². The number of amides is 1. The Morgan fingerprint density at radius 2 is 1.57 bits per heavy atom. The summed E-state index contributed by atoms with van der Waals surface area (Å²) in [7, 11) is 0. The minimum Gasteiger partial charge on any atom is -0.481 e. The SMILES string of the molecule is CC[C@@H](Oc1ccc(F)cc1)C(=O)Nc1ccccc1C(=O)c1ccccc1. The predicted molar refractivity (Wildman–Crippen MR) is 106 cm³/mol. The van der Waals surface area contributed by atoms with E-state index in [1.165, 1.54) is 24.3 Å². The van der Waals surface area contributed by atoms with Crippen molar-refractivity contribution in [3.8, 4) is 5.75 Å². The predicted octanol–water partition coefficient (Wildman–Crippen LogP) is 4.85. The summed E-state index contributed by atoms with van der Waals surface area (Å²) in [4.78, 5) is 25.5. The number of rotatable bonds is 7. The van der Waals surface area contributed by atoms with Crippen molar-refractivity contribution >= 4 is 17.4 Å². The highest BCUT2D eigenvalue weighted by Crippen LogP contribution is 2.21. The van der Waals surface area contributed by atoms with Gasteiger partial charge >= 0.3 is 0 Å². The van der Waals surface area contributed by atoms with Gasteiger partial charge in [-0.1, -0.05) is 49.4 Å². The number of benzene rings is 3. The first-order valence-electron chi connectivity index (χ1n) is 9.00. The van der Waals surface area contributed by atoms with Gasteiger partial charge in [0.05, 0.1) is 5.69 Å². The molecule has 3 aromatic rings. The molecule has 5 heteroatoms. The highest BCUT2D eigenvalue weighted by Gasteiger charge is 2.21. The van der Waals surface area contributed by atoms with Crippen LogP contribution in [0.15, 0.2) is 78.9 Å². The first-order chi connectivity index (χ1) is 13.6. The summed E-state index contributed by atoms with van der Waals surface area (Å²) in [5, 5.41) is 2.78. The zero-order valence-corrected chi connectivity index (χ0v) is 15.4. The van der Waals surface area contributed by atoms with E-state index in [9.17, 15) is 14.0 Å². The van der Waals surface area contributed by atoms with Crippen LogP contribution in [0.1, 0.15) is 29.3 Å². The lowest BCUT2D eigenvalue weighted by atomic mass is 10.0. The molecule has 0 spiro atoms. The molecule has 4 nitrogen and oxygen atoms in total. The molecule has 1 N–H and O–H groups in total. The standard InChI is InChI=1S/C23H20FNO3/c1-2-21(28-18-14-12-17(24)13-15-18)23(27)25-20-11-7-6-10-19(20)22(26)16-8-4-3-5-9-16/h3-15,21H,2H2,1H3,(H,25,27)/t21-/m1/s1. The maximum atomic E-state index is 13.0. The van der Waals surface area contributed by atoms with Crippen molar-refractivity contribution in [1.82, 2.24) is 0 Å². The van der Waals surface area contributed by atoms with Gasteiger partial charge in [0.2, 0.25) is 0 Å². The van der Waals surface area contributed by atoms with Crippen LogP contribution in [0.4, 0.5) is 10.1 Å². The first-order valence-corrected chi connectivity index (χ1v) is 9.00. The van der Waals surface area contributed by atoms with Crippen LogP contribution in [-0.2, 0) is 4.79 Å². The molecule has 0 radical (unpaired) electrons. The van der Waals surface area contributed by atoms with Crippen LogP contribution in [0, 0.1) is 5.82 Å². The van der Waals surface area contributed by atoms with E-state index in [1.807, 2.05) is 13.0 Å². The molecule has 0 aliphatic rings. The van der Waals surface area contributed by atoms with Crippen LogP contribution in [0.2, 0.25) is 0 Å². The lowest BCUT2D eigenvalue weighted by Gasteiger charge is -2.18. The molecule has 1 atom stereocenters. The summed E-state index contributed by atoms with van der Waals surface area (Å²) < 4.78 is 18.7. The molecule has 0 saturated carbocycles. The second kappa shape index (κ2) is 8.95. The van der Waals surface area contributed by atoms with Crippen molar-refractivity contribution in [3.05, 3.63) is 95.8 Å². The molecule has 1 amide bonds. The quantitative estimate of drug-likeness (QED) is 0.599. The van der Waals surface area contributed by atoms with E-state index < -0.39 is 6.10 Å². The van der Waals surface area contributed by atoms with Gasteiger partial charge in [0.1, 0.15) is 11.6 Å². The summed E-state index contributed by atoms with van der Waals surface area (Å²) in [6.07, 6.45) is -0.358. The zero-order chi connectivity index (χ0) is 19.9.